The molecule has 0 atom stereocenters. The zero-order valence-electron chi connectivity index (χ0n) is 9.09. The van der Waals surface area contributed by atoms with E-state index in [0.29, 0.717) is 10.3 Å². The summed E-state index contributed by atoms with van der Waals surface area (Å²) in [5.41, 5.74) is 4.59. The normalized spacial score (nSPS) is 10.5. The van der Waals surface area contributed by atoms with Crippen molar-refractivity contribution in [1.82, 2.24) is 4.98 Å². The molecule has 0 aliphatic carbocycles. The summed E-state index contributed by atoms with van der Waals surface area (Å²) in [7, 11) is 0. The largest absolute Gasteiger partial charge is 0.224 e. The second-order valence-corrected chi connectivity index (χ2v) is 4.59. The van der Waals surface area contributed by atoms with Crippen LogP contribution in [0.5, 0.6) is 0 Å². The lowest BCUT2D eigenvalue weighted by Gasteiger charge is -2.07. The molecule has 0 spiro atoms. The first kappa shape index (κ1) is 11.4. The Kier molecular flexibility index (Phi) is 3.17. The van der Waals surface area contributed by atoms with Crippen LogP contribution in [0.4, 0.5) is 0 Å². The van der Waals surface area contributed by atoms with E-state index < -0.39 is 0 Å². The van der Waals surface area contributed by atoms with Crippen LogP contribution >= 0.6 is 23.2 Å². The van der Waals surface area contributed by atoms with Crippen LogP contribution in [-0.4, -0.2) is 4.98 Å². The first-order valence-electron chi connectivity index (χ1n) is 4.97. The lowest BCUT2D eigenvalue weighted by molar-refractivity contribution is 1.32. The number of hydrogen-bond donors (Lipinski definition) is 0. The number of aromatic nitrogens is 1. The molecule has 1 heterocycles. The maximum atomic E-state index is 5.89. The van der Waals surface area contributed by atoms with Gasteiger partial charge in [-0.25, -0.2) is 4.98 Å². The Hall–Kier alpha value is -1.05. The first-order chi connectivity index (χ1) is 7.56. The number of pyridine rings is 1. The van der Waals surface area contributed by atoms with Crippen molar-refractivity contribution in [2.45, 2.75) is 13.8 Å². The van der Waals surface area contributed by atoms with Gasteiger partial charge in [0.15, 0.2) is 0 Å². The monoisotopic (exact) mass is 251 g/mol. The molecule has 0 unspecified atom stereocenters. The molecular weight excluding hydrogens is 241 g/mol. The Bertz CT molecular complexity index is 515. The Morgan fingerprint density at radius 3 is 2.12 bits per heavy atom. The Morgan fingerprint density at radius 2 is 1.56 bits per heavy atom. The molecule has 82 valence electrons. The molecule has 1 aromatic carbocycles. The van der Waals surface area contributed by atoms with E-state index in [2.05, 4.69) is 37.0 Å². The van der Waals surface area contributed by atoms with Gasteiger partial charge >= 0.3 is 0 Å². The van der Waals surface area contributed by atoms with Gasteiger partial charge in [-0.05, 0) is 42.7 Å². The fourth-order valence-electron chi connectivity index (χ4n) is 1.76. The minimum atomic E-state index is 0.419. The van der Waals surface area contributed by atoms with Crippen molar-refractivity contribution >= 4 is 23.2 Å². The number of rotatable bonds is 1. The number of halogens is 2. The smallest absolute Gasteiger partial charge is 0.131 e. The predicted octanol–water partition coefficient (Wildman–Crippen LogP) is 4.67. The van der Waals surface area contributed by atoms with E-state index in [1.807, 2.05) is 12.1 Å². The van der Waals surface area contributed by atoms with Crippen LogP contribution in [0.3, 0.4) is 0 Å². The summed E-state index contributed by atoms with van der Waals surface area (Å²) in [6.45, 7) is 4.15. The van der Waals surface area contributed by atoms with E-state index in [1.165, 1.54) is 11.1 Å². The van der Waals surface area contributed by atoms with Crippen LogP contribution < -0.4 is 0 Å². The van der Waals surface area contributed by atoms with E-state index in [0.717, 1.165) is 11.1 Å². The van der Waals surface area contributed by atoms with Crippen molar-refractivity contribution in [3.05, 3.63) is 51.8 Å². The number of benzene rings is 1. The minimum Gasteiger partial charge on any atom is -0.224 e. The maximum Gasteiger partial charge on any atom is 0.131 e. The third kappa shape index (κ3) is 2.37. The highest BCUT2D eigenvalue weighted by atomic mass is 35.5. The third-order valence-corrected chi connectivity index (χ3v) is 2.84. The summed E-state index contributed by atoms with van der Waals surface area (Å²) < 4.78 is 0. The SMILES string of the molecule is Cc1ccc(-c2cc(Cl)nc(Cl)c2)c(C)c1. The highest BCUT2D eigenvalue weighted by molar-refractivity contribution is 6.32. The van der Waals surface area contributed by atoms with Crippen LogP contribution in [0.25, 0.3) is 11.1 Å². The van der Waals surface area contributed by atoms with Gasteiger partial charge in [0.1, 0.15) is 10.3 Å². The van der Waals surface area contributed by atoms with Gasteiger partial charge in [0.05, 0.1) is 0 Å². The molecule has 1 nitrogen and oxygen atoms in total. The Morgan fingerprint density at radius 1 is 0.938 bits per heavy atom. The zero-order valence-corrected chi connectivity index (χ0v) is 10.6. The van der Waals surface area contributed by atoms with Crippen molar-refractivity contribution in [2.75, 3.05) is 0 Å². The summed E-state index contributed by atoms with van der Waals surface area (Å²) in [4.78, 5) is 3.94. The Balaban J connectivity index is 2.58. The van der Waals surface area contributed by atoms with Gasteiger partial charge in [-0.2, -0.15) is 0 Å². The van der Waals surface area contributed by atoms with Crippen LogP contribution in [0.15, 0.2) is 30.3 Å². The average molecular weight is 252 g/mol. The molecule has 0 amide bonds. The molecule has 0 fully saturated rings. The number of aryl methyl sites for hydroxylation is 2. The van der Waals surface area contributed by atoms with Gasteiger partial charge in [-0.1, -0.05) is 47.0 Å². The molecule has 0 saturated heterocycles. The Labute approximate surface area is 105 Å². The van der Waals surface area contributed by atoms with Gasteiger partial charge in [0.25, 0.3) is 0 Å². The molecule has 2 aromatic rings. The average Bonchev–Trinajstić information content (AvgIpc) is 2.15. The lowest BCUT2D eigenvalue weighted by atomic mass is 10.00. The highest BCUT2D eigenvalue weighted by Crippen LogP contribution is 2.27. The lowest BCUT2D eigenvalue weighted by Crippen LogP contribution is -1.86. The molecule has 1 aromatic heterocycles. The van der Waals surface area contributed by atoms with E-state index in [1.54, 1.807) is 0 Å². The van der Waals surface area contributed by atoms with Crippen LogP contribution in [-0.2, 0) is 0 Å². The minimum absolute atomic E-state index is 0.419. The predicted molar refractivity (Wildman–Crippen MR) is 69.2 cm³/mol. The molecule has 0 radical (unpaired) electrons. The summed E-state index contributed by atoms with van der Waals surface area (Å²) in [5.74, 6) is 0. The summed E-state index contributed by atoms with van der Waals surface area (Å²) in [6.07, 6.45) is 0. The second-order valence-electron chi connectivity index (χ2n) is 3.82. The molecule has 0 saturated carbocycles. The van der Waals surface area contributed by atoms with Crippen molar-refractivity contribution in [1.29, 1.82) is 0 Å². The van der Waals surface area contributed by atoms with E-state index in [-0.39, 0.29) is 0 Å². The molecule has 0 aliphatic heterocycles. The number of hydrogen-bond acceptors (Lipinski definition) is 1. The fourth-order valence-corrected chi connectivity index (χ4v) is 2.22. The summed E-state index contributed by atoms with van der Waals surface area (Å²) in [6, 6.07) is 9.94. The summed E-state index contributed by atoms with van der Waals surface area (Å²) in [5, 5.41) is 0.838. The van der Waals surface area contributed by atoms with Gasteiger partial charge in [0, 0.05) is 0 Å². The second kappa shape index (κ2) is 4.44. The van der Waals surface area contributed by atoms with Crippen molar-refractivity contribution in [3.8, 4) is 11.1 Å². The van der Waals surface area contributed by atoms with Crippen LogP contribution in [0.1, 0.15) is 11.1 Å². The third-order valence-electron chi connectivity index (χ3n) is 2.46. The zero-order chi connectivity index (χ0) is 11.7. The molecule has 2 rings (SSSR count). The van der Waals surface area contributed by atoms with Gasteiger partial charge in [-0.3, -0.25) is 0 Å². The van der Waals surface area contributed by atoms with Crippen molar-refractivity contribution in [3.63, 3.8) is 0 Å². The van der Waals surface area contributed by atoms with E-state index in [4.69, 9.17) is 23.2 Å². The van der Waals surface area contributed by atoms with Gasteiger partial charge < -0.3 is 0 Å². The number of nitrogens with zero attached hydrogens (tertiary/aromatic N) is 1. The van der Waals surface area contributed by atoms with Gasteiger partial charge in [-0.15, -0.1) is 0 Å². The standard InChI is InChI=1S/C13H11Cl2N/c1-8-3-4-11(9(2)5-8)10-6-12(14)16-13(15)7-10/h3-7H,1-2H3. The summed E-state index contributed by atoms with van der Waals surface area (Å²) >= 11 is 11.8. The van der Waals surface area contributed by atoms with Crippen LogP contribution in [0, 0.1) is 13.8 Å². The first-order valence-corrected chi connectivity index (χ1v) is 5.72. The molecule has 0 bridgehead atoms. The molecule has 0 N–H and O–H groups in total. The maximum absolute atomic E-state index is 5.89. The fraction of sp³-hybridized carbons (Fsp3) is 0.154. The van der Waals surface area contributed by atoms with E-state index >= 15 is 0 Å². The van der Waals surface area contributed by atoms with E-state index in [9.17, 15) is 0 Å². The van der Waals surface area contributed by atoms with Crippen LogP contribution in [0.2, 0.25) is 10.3 Å². The quantitative estimate of drug-likeness (QED) is 0.672. The molecule has 0 aliphatic rings. The molecule has 3 heteroatoms. The molecule has 16 heavy (non-hydrogen) atoms. The van der Waals surface area contributed by atoms with Crippen molar-refractivity contribution in [2.24, 2.45) is 0 Å². The highest BCUT2D eigenvalue weighted by Gasteiger charge is 2.05. The molecular formula is C13H11Cl2N. The van der Waals surface area contributed by atoms with Gasteiger partial charge in [0.2, 0.25) is 0 Å². The van der Waals surface area contributed by atoms with Crippen molar-refractivity contribution < 1.29 is 0 Å². The topological polar surface area (TPSA) is 12.9 Å².